The number of hydrogen-bond acceptors (Lipinski definition) is 3. The Morgan fingerprint density at radius 3 is 2.62 bits per heavy atom. The van der Waals surface area contributed by atoms with E-state index in [-0.39, 0.29) is 5.91 Å². The van der Waals surface area contributed by atoms with Crippen molar-refractivity contribution in [2.75, 3.05) is 18.4 Å². The minimum atomic E-state index is -0.0408. The van der Waals surface area contributed by atoms with Gasteiger partial charge in [0, 0.05) is 37.6 Å². The molecule has 0 fully saturated rings. The summed E-state index contributed by atoms with van der Waals surface area (Å²) >= 11 is 0. The van der Waals surface area contributed by atoms with Gasteiger partial charge in [0.1, 0.15) is 0 Å². The average Bonchev–Trinajstić information content (AvgIpc) is 2.91. The third kappa shape index (κ3) is 4.63. The van der Waals surface area contributed by atoms with Gasteiger partial charge in [0.15, 0.2) is 0 Å². The van der Waals surface area contributed by atoms with Gasteiger partial charge in [-0.1, -0.05) is 6.92 Å². The fraction of sp³-hybridized carbons (Fsp3) is 0.375. The highest BCUT2D eigenvalue weighted by Gasteiger charge is 2.05. The third-order valence-corrected chi connectivity index (χ3v) is 3.18. The van der Waals surface area contributed by atoms with Crippen LogP contribution >= 0.6 is 0 Å². The summed E-state index contributed by atoms with van der Waals surface area (Å²) in [5, 5.41) is 10.3. The number of hydrogen-bond donors (Lipinski definition) is 2. The zero-order valence-corrected chi connectivity index (χ0v) is 12.6. The van der Waals surface area contributed by atoms with Gasteiger partial charge in [-0.05, 0) is 42.7 Å². The van der Waals surface area contributed by atoms with Crippen LogP contribution in [0.3, 0.4) is 0 Å². The molecule has 1 amide bonds. The lowest BCUT2D eigenvalue weighted by Gasteiger charge is -2.07. The van der Waals surface area contributed by atoms with Gasteiger partial charge in [0.25, 0.3) is 5.91 Å². The van der Waals surface area contributed by atoms with Crippen LogP contribution in [0, 0.1) is 0 Å². The number of nitrogens with one attached hydrogen (secondary N) is 2. The molecule has 0 aliphatic heterocycles. The molecule has 0 aliphatic carbocycles. The molecule has 0 saturated carbocycles. The van der Waals surface area contributed by atoms with Gasteiger partial charge in [-0.2, -0.15) is 5.10 Å². The van der Waals surface area contributed by atoms with Crippen LogP contribution in [0.1, 0.15) is 29.3 Å². The Bertz CT molecular complexity index is 574. The molecule has 0 unspecified atom stereocenters. The quantitative estimate of drug-likeness (QED) is 0.820. The van der Waals surface area contributed by atoms with Gasteiger partial charge in [0.05, 0.1) is 6.20 Å². The minimum absolute atomic E-state index is 0.0408. The van der Waals surface area contributed by atoms with E-state index in [1.54, 1.807) is 4.68 Å². The molecule has 1 heterocycles. The largest absolute Gasteiger partial charge is 0.385 e. The van der Waals surface area contributed by atoms with E-state index in [1.807, 2.05) is 43.7 Å². The van der Waals surface area contributed by atoms with Gasteiger partial charge in [-0.25, -0.2) is 0 Å². The summed E-state index contributed by atoms with van der Waals surface area (Å²) < 4.78 is 1.76. The van der Waals surface area contributed by atoms with Crippen LogP contribution in [0.2, 0.25) is 0 Å². The first kappa shape index (κ1) is 15.1. The number of benzene rings is 1. The molecule has 0 saturated heterocycles. The standard InChI is InChI=1S/C16H22N4O/c1-3-9-17-15-6-4-14(5-7-15)16(21)18-10-8-13-11-19-20(2)12-13/h4-7,11-12,17H,3,8-10H2,1-2H3,(H,18,21). The minimum Gasteiger partial charge on any atom is -0.385 e. The van der Waals surface area contributed by atoms with Crippen molar-refractivity contribution in [3.8, 4) is 0 Å². The highest BCUT2D eigenvalue weighted by Crippen LogP contribution is 2.09. The Kier molecular flexibility index (Phi) is 5.37. The van der Waals surface area contributed by atoms with Crippen molar-refractivity contribution >= 4 is 11.6 Å². The lowest BCUT2D eigenvalue weighted by Crippen LogP contribution is -2.25. The molecule has 2 aromatic rings. The van der Waals surface area contributed by atoms with E-state index in [0.29, 0.717) is 12.1 Å². The van der Waals surface area contributed by atoms with Crippen LogP contribution in [0.5, 0.6) is 0 Å². The maximum atomic E-state index is 12.0. The molecule has 1 aromatic carbocycles. The zero-order chi connectivity index (χ0) is 15.1. The van der Waals surface area contributed by atoms with Gasteiger partial charge in [0.2, 0.25) is 0 Å². The summed E-state index contributed by atoms with van der Waals surface area (Å²) in [6, 6.07) is 7.56. The number of aryl methyl sites for hydroxylation is 1. The van der Waals surface area contributed by atoms with E-state index in [1.165, 1.54) is 0 Å². The molecular formula is C16H22N4O. The number of anilines is 1. The fourth-order valence-electron chi connectivity index (χ4n) is 2.03. The topological polar surface area (TPSA) is 59.0 Å². The number of amides is 1. The van der Waals surface area contributed by atoms with E-state index in [2.05, 4.69) is 22.7 Å². The second-order valence-corrected chi connectivity index (χ2v) is 5.03. The van der Waals surface area contributed by atoms with Crippen LogP contribution < -0.4 is 10.6 Å². The molecule has 0 bridgehead atoms. The normalized spacial score (nSPS) is 10.4. The number of carbonyl (C=O) groups excluding carboxylic acids is 1. The Morgan fingerprint density at radius 1 is 1.24 bits per heavy atom. The molecule has 5 heteroatoms. The maximum Gasteiger partial charge on any atom is 0.251 e. The summed E-state index contributed by atoms with van der Waals surface area (Å²) in [6.07, 6.45) is 5.65. The Morgan fingerprint density at radius 2 is 2.00 bits per heavy atom. The van der Waals surface area contributed by atoms with Gasteiger partial charge in [-0.15, -0.1) is 0 Å². The molecule has 0 aliphatic rings. The third-order valence-electron chi connectivity index (χ3n) is 3.18. The monoisotopic (exact) mass is 286 g/mol. The molecule has 112 valence electrons. The van der Waals surface area contributed by atoms with Gasteiger partial charge in [-0.3, -0.25) is 9.48 Å². The van der Waals surface area contributed by atoms with Gasteiger partial charge < -0.3 is 10.6 Å². The van der Waals surface area contributed by atoms with E-state index in [9.17, 15) is 4.79 Å². The molecule has 5 nitrogen and oxygen atoms in total. The Labute approximate surface area is 125 Å². The number of nitrogens with zero attached hydrogens (tertiary/aromatic N) is 2. The maximum absolute atomic E-state index is 12.0. The van der Waals surface area contributed by atoms with Crippen LogP contribution in [-0.2, 0) is 13.5 Å². The van der Waals surface area contributed by atoms with Crippen molar-refractivity contribution in [3.05, 3.63) is 47.8 Å². The smallest absolute Gasteiger partial charge is 0.251 e. The lowest BCUT2D eigenvalue weighted by atomic mass is 10.2. The second kappa shape index (κ2) is 7.47. The molecule has 2 N–H and O–H groups in total. The molecule has 0 radical (unpaired) electrons. The van der Waals surface area contributed by atoms with Crippen molar-refractivity contribution in [1.82, 2.24) is 15.1 Å². The van der Waals surface area contributed by atoms with Crippen molar-refractivity contribution in [2.45, 2.75) is 19.8 Å². The first-order chi connectivity index (χ1) is 10.2. The summed E-state index contributed by atoms with van der Waals surface area (Å²) in [7, 11) is 1.89. The van der Waals surface area contributed by atoms with Crippen molar-refractivity contribution in [2.24, 2.45) is 7.05 Å². The van der Waals surface area contributed by atoms with Crippen LogP contribution in [-0.4, -0.2) is 28.8 Å². The zero-order valence-electron chi connectivity index (χ0n) is 12.6. The summed E-state index contributed by atoms with van der Waals surface area (Å²) in [6.45, 7) is 3.67. The van der Waals surface area contributed by atoms with E-state index < -0.39 is 0 Å². The summed E-state index contributed by atoms with van der Waals surface area (Å²) in [4.78, 5) is 12.0. The molecule has 0 atom stereocenters. The molecule has 0 spiro atoms. The van der Waals surface area contributed by atoms with Crippen molar-refractivity contribution in [1.29, 1.82) is 0 Å². The highest BCUT2D eigenvalue weighted by molar-refractivity contribution is 5.94. The van der Waals surface area contributed by atoms with Crippen molar-refractivity contribution in [3.63, 3.8) is 0 Å². The van der Waals surface area contributed by atoms with Crippen molar-refractivity contribution < 1.29 is 4.79 Å². The average molecular weight is 286 g/mol. The Balaban J connectivity index is 1.79. The first-order valence-corrected chi connectivity index (χ1v) is 7.28. The molecular weight excluding hydrogens is 264 g/mol. The molecule has 1 aromatic heterocycles. The van der Waals surface area contributed by atoms with Gasteiger partial charge >= 0.3 is 0 Å². The number of rotatable bonds is 7. The summed E-state index contributed by atoms with van der Waals surface area (Å²) in [5.41, 5.74) is 2.85. The predicted molar refractivity (Wildman–Crippen MR) is 84.5 cm³/mol. The summed E-state index contributed by atoms with van der Waals surface area (Å²) in [5.74, 6) is -0.0408. The number of carbonyl (C=O) groups is 1. The highest BCUT2D eigenvalue weighted by atomic mass is 16.1. The SMILES string of the molecule is CCCNc1ccc(C(=O)NCCc2cnn(C)c2)cc1. The lowest BCUT2D eigenvalue weighted by molar-refractivity contribution is 0.0954. The van der Waals surface area contributed by atoms with E-state index in [0.717, 1.165) is 30.6 Å². The van der Waals surface area contributed by atoms with Crippen LogP contribution in [0.4, 0.5) is 5.69 Å². The first-order valence-electron chi connectivity index (χ1n) is 7.28. The Hall–Kier alpha value is -2.30. The van der Waals surface area contributed by atoms with Crippen LogP contribution in [0.25, 0.3) is 0 Å². The second-order valence-electron chi connectivity index (χ2n) is 5.03. The predicted octanol–water partition coefficient (Wildman–Crippen LogP) is 2.21. The van der Waals surface area contributed by atoms with Crippen LogP contribution in [0.15, 0.2) is 36.7 Å². The molecule has 21 heavy (non-hydrogen) atoms. The number of aromatic nitrogens is 2. The van der Waals surface area contributed by atoms with E-state index >= 15 is 0 Å². The van der Waals surface area contributed by atoms with E-state index in [4.69, 9.17) is 0 Å². The molecule has 2 rings (SSSR count). The fourth-order valence-corrected chi connectivity index (χ4v) is 2.03.